The van der Waals surface area contributed by atoms with Crippen molar-refractivity contribution in [2.24, 2.45) is 5.14 Å². The number of rotatable bonds is 3. The summed E-state index contributed by atoms with van der Waals surface area (Å²) in [6.07, 6.45) is 0. The van der Waals surface area contributed by atoms with Gasteiger partial charge in [0, 0.05) is 10.5 Å². The van der Waals surface area contributed by atoms with Crippen molar-refractivity contribution in [3.05, 3.63) is 28.5 Å². The van der Waals surface area contributed by atoms with Crippen LogP contribution in [0, 0.1) is 5.82 Å². The number of aromatic nitrogens is 3. The largest absolute Gasteiger partial charge is 0.294 e. The van der Waals surface area contributed by atoms with Crippen LogP contribution in [0.3, 0.4) is 0 Å². The normalized spacial score (nSPS) is 12.1. The van der Waals surface area contributed by atoms with E-state index >= 15 is 0 Å². The van der Waals surface area contributed by atoms with E-state index in [4.69, 9.17) is 5.14 Å². The maximum Gasteiger partial charge on any atom is 0.273 e. The minimum absolute atomic E-state index is 0.119. The number of halogens is 2. The number of benzene rings is 1. The Labute approximate surface area is 124 Å². The number of hydrogen-bond donors (Lipinski definition) is 1. The molecule has 108 valence electrons. The first-order valence-corrected chi connectivity index (χ1v) is 7.99. The summed E-state index contributed by atoms with van der Waals surface area (Å²) in [6.45, 7) is 3.47. The van der Waals surface area contributed by atoms with Crippen LogP contribution in [0.15, 0.2) is 27.8 Å². The fraction of sp³-hybridized carbons (Fsp3) is 0.273. The zero-order valence-corrected chi connectivity index (χ0v) is 13.1. The summed E-state index contributed by atoms with van der Waals surface area (Å²) >= 11 is 3.15. The molecule has 6 nitrogen and oxygen atoms in total. The molecular formula is C11H12BrFN4O2S. The second-order valence-corrected chi connectivity index (χ2v) is 6.81. The summed E-state index contributed by atoms with van der Waals surface area (Å²) in [5, 5.41) is 12.0. The van der Waals surface area contributed by atoms with Gasteiger partial charge in [-0.15, -0.1) is 10.2 Å². The molecule has 1 aromatic heterocycles. The molecule has 2 aromatic rings. The lowest BCUT2D eigenvalue weighted by molar-refractivity contribution is 0.523. The van der Waals surface area contributed by atoms with Gasteiger partial charge < -0.3 is 0 Å². The monoisotopic (exact) mass is 362 g/mol. The maximum absolute atomic E-state index is 14.0. The molecule has 0 radical (unpaired) electrons. The van der Waals surface area contributed by atoms with Crippen molar-refractivity contribution in [1.82, 2.24) is 14.8 Å². The van der Waals surface area contributed by atoms with Crippen molar-refractivity contribution in [1.29, 1.82) is 0 Å². The van der Waals surface area contributed by atoms with E-state index in [0.29, 0.717) is 4.47 Å². The minimum atomic E-state index is -4.03. The Morgan fingerprint density at radius 3 is 2.50 bits per heavy atom. The highest BCUT2D eigenvalue weighted by Gasteiger charge is 2.25. The van der Waals surface area contributed by atoms with Gasteiger partial charge in [-0.05, 0) is 32.0 Å². The molecule has 0 aliphatic heterocycles. The predicted molar refractivity (Wildman–Crippen MR) is 74.9 cm³/mol. The van der Waals surface area contributed by atoms with Crippen LogP contribution in [-0.4, -0.2) is 23.2 Å². The first-order valence-electron chi connectivity index (χ1n) is 5.65. The molecule has 0 spiro atoms. The van der Waals surface area contributed by atoms with Gasteiger partial charge in [0.1, 0.15) is 5.82 Å². The Hall–Kier alpha value is -1.32. The van der Waals surface area contributed by atoms with Gasteiger partial charge in [0.05, 0.1) is 5.56 Å². The van der Waals surface area contributed by atoms with Crippen molar-refractivity contribution in [2.75, 3.05) is 0 Å². The highest BCUT2D eigenvalue weighted by atomic mass is 79.9. The molecule has 2 N–H and O–H groups in total. The average Bonchev–Trinajstić information content (AvgIpc) is 2.72. The van der Waals surface area contributed by atoms with Crippen LogP contribution in [0.2, 0.25) is 0 Å². The lowest BCUT2D eigenvalue weighted by Crippen LogP contribution is -2.20. The van der Waals surface area contributed by atoms with Gasteiger partial charge in [0.15, 0.2) is 5.82 Å². The molecule has 0 atom stereocenters. The number of hydrogen-bond acceptors (Lipinski definition) is 4. The zero-order valence-electron chi connectivity index (χ0n) is 10.7. The van der Waals surface area contributed by atoms with Gasteiger partial charge >= 0.3 is 0 Å². The number of primary sulfonamides is 1. The quantitative estimate of drug-likeness (QED) is 0.904. The molecule has 1 heterocycles. The summed E-state index contributed by atoms with van der Waals surface area (Å²) in [5.41, 5.74) is 0.157. The molecule has 0 amide bonds. The van der Waals surface area contributed by atoms with E-state index in [-0.39, 0.29) is 22.6 Å². The Balaban J connectivity index is 2.73. The second-order valence-electron chi connectivity index (χ2n) is 4.44. The van der Waals surface area contributed by atoms with Gasteiger partial charge in [-0.1, -0.05) is 15.9 Å². The lowest BCUT2D eigenvalue weighted by Gasteiger charge is -2.13. The third-order valence-electron chi connectivity index (χ3n) is 2.61. The number of nitrogens with zero attached hydrogens (tertiary/aromatic N) is 3. The number of nitrogens with two attached hydrogens (primary N) is 1. The summed E-state index contributed by atoms with van der Waals surface area (Å²) in [7, 11) is -4.03. The van der Waals surface area contributed by atoms with E-state index in [0.717, 1.165) is 0 Å². The molecule has 0 aliphatic rings. The first kappa shape index (κ1) is 15.1. The SMILES string of the molecule is CC(C)n1c(-c2ccc(Br)cc2F)nnc1S(N)(=O)=O. The molecule has 0 fully saturated rings. The smallest absolute Gasteiger partial charge is 0.273 e. The third-order valence-corrected chi connectivity index (χ3v) is 3.89. The predicted octanol–water partition coefficient (Wildman–Crippen LogP) is 2.07. The van der Waals surface area contributed by atoms with E-state index in [1.807, 2.05) is 0 Å². The van der Waals surface area contributed by atoms with Crippen LogP contribution in [0.4, 0.5) is 4.39 Å². The molecule has 0 bridgehead atoms. The van der Waals surface area contributed by atoms with Crippen LogP contribution < -0.4 is 5.14 Å². The highest BCUT2D eigenvalue weighted by molar-refractivity contribution is 9.10. The summed E-state index contributed by atoms with van der Waals surface area (Å²) in [5.74, 6) is -0.413. The van der Waals surface area contributed by atoms with Crippen molar-refractivity contribution in [3.8, 4) is 11.4 Å². The lowest BCUT2D eigenvalue weighted by atomic mass is 10.2. The molecular weight excluding hydrogens is 351 g/mol. The Morgan fingerprint density at radius 2 is 2.00 bits per heavy atom. The van der Waals surface area contributed by atoms with Crippen LogP contribution in [0.1, 0.15) is 19.9 Å². The van der Waals surface area contributed by atoms with Crippen LogP contribution >= 0.6 is 15.9 Å². The first-order chi connectivity index (χ1) is 9.21. The maximum atomic E-state index is 14.0. The molecule has 1 aromatic carbocycles. The molecule has 0 saturated heterocycles. The highest BCUT2D eigenvalue weighted by Crippen LogP contribution is 2.28. The van der Waals surface area contributed by atoms with E-state index in [1.54, 1.807) is 19.9 Å². The summed E-state index contributed by atoms with van der Waals surface area (Å²) in [6, 6.07) is 4.10. The van der Waals surface area contributed by atoms with Crippen molar-refractivity contribution in [3.63, 3.8) is 0 Å². The number of sulfonamides is 1. The summed E-state index contributed by atoms with van der Waals surface area (Å²) < 4.78 is 38.8. The van der Waals surface area contributed by atoms with E-state index in [9.17, 15) is 12.8 Å². The van der Waals surface area contributed by atoms with Gasteiger partial charge in [0.2, 0.25) is 0 Å². The van der Waals surface area contributed by atoms with Gasteiger partial charge in [-0.25, -0.2) is 17.9 Å². The molecule has 0 saturated carbocycles. The van der Waals surface area contributed by atoms with Crippen molar-refractivity contribution < 1.29 is 12.8 Å². The zero-order chi connectivity index (χ0) is 15.1. The topological polar surface area (TPSA) is 90.9 Å². The molecule has 0 aliphatic carbocycles. The van der Waals surface area contributed by atoms with Crippen LogP contribution in [0.25, 0.3) is 11.4 Å². The van der Waals surface area contributed by atoms with E-state index < -0.39 is 15.8 Å². The Bertz CT molecular complexity index is 758. The molecule has 0 unspecified atom stereocenters. The van der Waals surface area contributed by atoms with Crippen molar-refractivity contribution in [2.45, 2.75) is 25.0 Å². The fourth-order valence-corrected chi connectivity index (χ4v) is 2.85. The standard InChI is InChI=1S/C11H12BrFN4O2S/c1-6(2)17-10(15-16-11(17)20(14,18)19)8-4-3-7(12)5-9(8)13/h3-6H,1-2H3,(H2,14,18,19). The van der Waals surface area contributed by atoms with Gasteiger partial charge in [-0.2, -0.15) is 0 Å². The average molecular weight is 363 g/mol. The minimum Gasteiger partial charge on any atom is -0.294 e. The molecule has 20 heavy (non-hydrogen) atoms. The Morgan fingerprint density at radius 1 is 1.35 bits per heavy atom. The van der Waals surface area contributed by atoms with Crippen LogP contribution in [0.5, 0.6) is 0 Å². The van der Waals surface area contributed by atoms with E-state index in [1.165, 1.54) is 16.7 Å². The summed E-state index contributed by atoms with van der Waals surface area (Å²) in [4.78, 5) is 0. The molecule has 2 rings (SSSR count). The van der Waals surface area contributed by atoms with Gasteiger partial charge in [0.25, 0.3) is 15.2 Å². The molecule has 9 heteroatoms. The fourth-order valence-electron chi connectivity index (χ4n) is 1.79. The Kier molecular flexibility index (Phi) is 3.94. The van der Waals surface area contributed by atoms with Gasteiger partial charge in [-0.3, -0.25) is 4.57 Å². The van der Waals surface area contributed by atoms with Crippen molar-refractivity contribution >= 4 is 26.0 Å². The van der Waals surface area contributed by atoms with E-state index in [2.05, 4.69) is 26.1 Å². The van der Waals surface area contributed by atoms with Crippen LogP contribution in [-0.2, 0) is 10.0 Å². The third kappa shape index (κ3) is 2.74. The second kappa shape index (κ2) is 5.23.